The molecule has 0 N–H and O–H groups in total. The molecular weight excluding hydrogens is 510 g/mol. The molecule has 8 heteroatoms. The monoisotopic (exact) mass is 537 g/mol. The molecule has 3 fully saturated rings. The van der Waals surface area contributed by atoms with Crippen molar-refractivity contribution in [3.8, 4) is 0 Å². The van der Waals surface area contributed by atoms with Crippen molar-refractivity contribution in [2.45, 2.75) is 58.2 Å². The number of rotatable bonds is 3. The van der Waals surface area contributed by atoms with Gasteiger partial charge in [-0.05, 0) is 69.5 Å². The van der Waals surface area contributed by atoms with Gasteiger partial charge in [0.15, 0.2) is 0 Å². The van der Waals surface area contributed by atoms with Gasteiger partial charge in [0.1, 0.15) is 5.54 Å². The zero-order chi connectivity index (χ0) is 25.4. The highest BCUT2D eigenvalue weighted by Crippen LogP contribution is 2.60. The number of likely N-dealkylation sites (tertiary alicyclic amines) is 1. The molecule has 0 saturated carbocycles. The number of hydrogen-bond donors (Lipinski definition) is 0. The third-order valence-electron chi connectivity index (χ3n) is 7.57. The summed E-state index contributed by atoms with van der Waals surface area (Å²) in [5.41, 5.74) is -0.0741. The molecule has 2 aromatic carbocycles. The van der Waals surface area contributed by atoms with Crippen molar-refractivity contribution in [1.29, 1.82) is 0 Å². The van der Waals surface area contributed by atoms with E-state index >= 15 is 0 Å². The van der Waals surface area contributed by atoms with Gasteiger partial charge in [-0.3, -0.25) is 19.3 Å². The van der Waals surface area contributed by atoms with Crippen LogP contribution in [0.4, 0.5) is 10.5 Å². The molecule has 3 aliphatic heterocycles. The van der Waals surface area contributed by atoms with E-state index in [1.165, 1.54) is 14.7 Å². The summed E-state index contributed by atoms with van der Waals surface area (Å²) in [4.78, 5) is 60.0. The minimum Gasteiger partial charge on any atom is -0.300 e. The van der Waals surface area contributed by atoms with Crippen molar-refractivity contribution in [2.24, 2.45) is 11.8 Å². The van der Waals surface area contributed by atoms with Crippen LogP contribution in [-0.4, -0.2) is 44.6 Å². The normalized spacial score (nSPS) is 28.3. The van der Waals surface area contributed by atoms with Crippen LogP contribution in [0.3, 0.4) is 0 Å². The number of aryl methyl sites for hydroxylation is 1. The number of imide groups is 2. The van der Waals surface area contributed by atoms with Crippen LogP contribution < -0.4 is 4.90 Å². The zero-order valence-corrected chi connectivity index (χ0v) is 22.0. The molecule has 3 saturated heterocycles. The second-order valence-electron chi connectivity index (χ2n) is 10.6. The lowest BCUT2D eigenvalue weighted by Gasteiger charge is -2.37. The Morgan fingerprint density at radius 3 is 2.20 bits per heavy atom. The lowest BCUT2D eigenvalue weighted by Crippen LogP contribution is -2.55. The van der Waals surface area contributed by atoms with Crippen molar-refractivity contribution in [3.63, 3.8) is 0 Å². The first kappa shape index (κ1) is 23.7. The van der Waals surface area contributed by atoms with E-state index in [0.717, 1.165) is 15.6 Å². The number of benzene rings is 2. The van der Waals surface area contributed by atoms with Gasteiger partial charge in [0, 0.05) is 10.0 Å². The van der Waals surface area contributed by atoms with Crippen LogP contribution in [-0.2, 0) is 14.4 Å². The van der Waals surface area contributed by atoms with Crippen molar-refractivity contribution in [1.82, 2.24) is 9.80 Å². The average molecular weight is 538 g/mol. The SMILES string of the molecule is CC[C@@]12C(=O)N(c3cccc(C)c3)C(=O)N1[C@H](c1ccc(Br)cc1)[C@@H]1C(=O)N(C(C)(C)C)C(=O)[C@@H]12. The molecule has 35 heavy (non-hydrogen) atoms. The summed E-state index contributed by atoms with van der Waals surface area (Å²) >= 11 is 3.44. The number of halogens is 1. The Bertz CT molecular complexity index is 1270. The van der Waals surface area contributed by atoms with Gasteiger partial charge in [0.2, 0.25) is 11.8 Å². The number of fused-ring (bicyclic) bond motifs is 3. The Kier molecular flexibility index (Phi) is 5.25. The summed E-state index contributed by atoms with van der Waals surface area (Å²) in [6, 6.07) is 13.4. The van der Waals surface area contributed by atoms with Crippen LogP contribution in [0, 0.1) is 18.8 Å². The zero-order valence-electron chi connectivity index (χ0n) is 20.4. The number of amides is 5. The Morgan fingerprint density at radius 1 is 0.971 bits per heavy atom. The predicted octanol–water partition coefficient (Wildman–Crippen LogP) is 4.83. The van der Waals surface area contributed by atoms with Gasteiger partial charge in [-0.1, -0.05) is 47.1 Å². The quantitative estimate of drug-likeness (QED) is 0.415. The number of hydrogen-bond acceptors (Lipinski definition) is 4. The second-order valence-corrected chi connectivity index (χ2v) is 11.5. The van der Waals surface area contributed by atoms with Crippen LogP contribution in [0.1, 0.15) is 51.3 Å². The summed E-state index contributed by atoms with van der Waals surface area (Å²) < 4.78 is 0.855. The molecule has 3 aliphatic rings. The first-order valence-electron chi connectivity index (χ1n) is 11.8. The Morgan fingerprint density at radius 2 is 1.63 bits per heavy atom. The van der Waals surface area contributed by atoms with E-state index in [9.17, 15) is 19.2 Å². The van der Waals surface area contributed by atoms with Crippen LogP contribution in [0.5, 0.6) is 0 Å². The second kappa shape index (κ2) is 7.75. The summed E-state index contributed by atoms with van der Waals surface area (Å²) in [6.45, 7) is 9.16. The summed E-state index contributed by atoms with van der Waals surface area (Å²) in [5.74, 6) is -2.92. The Balaban J connectivity index is 1.75. The van der Waals surface area contributed by atoms with Crippen molar-refractivity contribution < 1.29 is 19.2 Å². The molecule has 3 heterocycles. The molecule has 0 aliphatic carbocycles. The highest BCUT2D eigenvalue weighted by Gasteiger charge is 2.77. The molecule has 4 atom stereocenters. The number of urea groups is 1. The number of carbonyl (C=O) groups is 4. The summed E-state index contributed by atoms with van der Waals surface area (Å²) in [7, 11) is 0. The smallest absolute Gasteiger partial charge is 0.300 e. The molecule has 0 aromatic heterocycles. The number of anilines is 1. The molecule has 0 unspecified atom stereocenters. The number of carbonyl (C=O) groups excluding carboxylic acids is 4. The molecule has 2 aromatic rings. The van der Waals surface area contributed by atoms with Gasteiger partial charge < -0.3 is 4.90 Å². The summed E-state index contributed by atoms with van der Waals surface area (Å²) in [6.07, 6.45) is 0.227. The summed E-state index contributed by atoms with van der Waals surface area (Å²) in [5, 5.41) is 0. The highest BCUT2D eigenvalue weighted by atomic mass is 79.9. The van der Waals surface area contributed by atoms with Gasteiger partial charge in [-0.15, -0.1) is 0 Å². The van der Waals surface area contributed by atoms with E-state index in [4.69, 9.17) is 0 Å². The van der Waals surface area contributed by atoms with Crippen LogP contribution in [0.15, 0.2) is 53.0 Å². The van der Waals surface area contributed by atoms with Crippen LogP contribution in [0.25, 0.3) is 0 Å². The predicted molar refractivity (Wildman–Crippen MR) is 134 cm³/mol. The maximum absolute atomic E-state index is 14.2. The van der Waals surface area contributed by atoms with E-state index in [2.05, 4.69) is 15.9 Å². The van der Waals surface area contributed by atoms with E-state index in [1.54, 1.807) is 18.2 Å². The fraction of sp³-hybridized carbons (Fsp3) is 0.407. The molecule has 0 radical (unpaired) electrons. The maximum Gasteiger partial charge on any atom is 0.332 e. The average Bonchev–Trinajstić information content (AvgIpc) is 3.32. The lowest BCUT2D eigenvalue weighted by atomic mass is 9.77. The Hall–Kier alpha value is -3.00. The topological polar surface area (TPSA) is 78.0 Å². The highest BCUT2D eigenvalue weighted by molar-refractivity contribution is 9.10. The van der Waals surface area contributed by atoms with E-state index in [1.807, 2.05) is 65.0 Å². The molecule has 0 bridgehead atoms. The van der Waals surface area contributed by atoms with Crippen molar-refractivity contribution in [2.75, 3.05) is 4.90 Å². The van der Waals surface area contributed by atoms with E-state index < -0.39 is 40.9 Å². The first-order chi connectivity index (χ1) is 16.4. The molecule has 182 valence electrons. The van der Waals surface area contributed by atoms with Crippen molar-refractivity contribution >= 4 is 45.4 Å². The Labute approximate surface area is 213 Å². The fourth-order valence-corrected chi connectivity index (χ4v) is 6.46. The fourth-order valence-electron chi connectivity index (χ4n) is 6.20. The van der Waals surface area contributed by atoms with E-state index in [0.29, 0.717) is 5.69 Å². The molecule has 0 spiro atoms. The minimum atomic E-state index is -1.43. The molecular formula is C27H28BrN3O4. The van der Waals surface area contributed by atoms with Gasteiger partial charge in [0.25, 0.3) is 5.91 Å². The van der Waals surface area contributed by atoms with Gasteiger partial charge in [-0.25, -0.2) is 9.69 Å². The van der Waals surface area contributed by atoms with Gasteiger partial charge in [-0.2, -0.15) is 0 Å². The van der Waals surface area contributed by atoms with Crippen LogP contribution in [0.2, 0.25) is 0 Å². The largest absolute Gasteiger partial charge is 0.332 e. The number of nitrogens with zero attached hydrogens (tertiary/aromatic N) is 3. The van der Waals surface area contributed by atoms with Crippen LogP contribution >= 0.6 is 15.9 Å². The molecule has 7 nitrogen and oxygen atoms in total. The van der Waals surface area contributed by atoms with E-state index in [-0.39, 0.29) is 18.2 Å². The third-order valence-corrected chi connectivity index (χ3v) is 8.09. The standard InChI is InChI=1S/C27H28BrN3O4/c1-6-27-20-19(22(32)31(23(20)33)26(3,4)5)21(16-10-12-17(28)13-11-16)30(27)25(35)29(24(27)34)18-9-7-8-15(2)14-18/h7-14,19-21H,6H2,1-5H3/t19-,20-,21-,27-/m1/s1. The van der Waals surface area contributed by atoms with Crippen molar-refractivity contribution in [3.05, 3.63) is 64.1 Å². The maximum atomic E-state index is 14.2. The van der Waals surface area contributed by atoms with Gasteiger partial charge >= 0.3 is 6.03 Å². The first-order valence-corrected chi connectivity index (χ1v) is 12.6. The van der Waals surface area contributed by atoms with Gasteiger partial charge in [0.05, 0.1) is 23.6 Å². The molecule has 5 rings (SSSR count). The minimum absolute atomic E-state index is 0.227. The third kappa shape index (κ3) is 3.08. The lowest BCUT2D eigenvalue weighted by molar-refractivity contribution is -0.149. The molecule has 5 amide bonds.